The minimum atomic E-state index is -4.68. The summed E-state index contributed by atoms with van der Waals surface area (Å²) in [6, 6.07) is 12.4. The summed E-state index contributed by atoms with van der Waals surface area (Å²) in [5.74, 6) is -3.90. The lowest BCUT2D eigenvalue weighted by Gasteiger charge is -2.38. The Morgan fingerprint density at radius 2 is 1.79 bits per heavy atom. The fourth-order valence-corrected chi connectivity index (χ4v) is 4.52. The van der Waals surface area contributed by atoms with Gasteiger partial charge >= 0.3 is 5.76 Å². The highest BCUT2D eigenvalue weighted by Crippen LogP contribution is 2.35. The van der Waals surface area contributed by atoms with Crippen LogP contribution in [0.4, 0.5) is 8.78 Å². The molecule has 0 radical (unpaired) electrons. The van der Waals surface area contributed by atoms with E-state index in [0.717, 1.165) is 35.0 Å². The molecule has 156 valence electrons. The van der Waals surface area contributed by atoms with Crippen molar-refractivity contribution < 1.29 is 26.7 Å². The van der Waals surface area contributed by atoms with E-state index in [1.54, 1.807) is 0 Å². The van der Waals surface area contributed by atoms with Crippen molar-refractivity contribution in [3.8, 4) is 0 Å². The molecule has 1 saturated heterocycles. The van der Waals surface area contributed by atoms with Gasteiger partial charge < -0.3 is 10.1 Å². The van der Waals surface area contributed by atoms with Crippen LogP contribution in [0.5, 0.6) is 0 Å². The molecule has 1 amide bonds. The Morgan fingerprint density at radius 1 is 1.14 bits per heavy atom. The van der Waals surface area contributed by atoms with Crippen LogP contribution in [0.25, 0.3) is 0 Å². The predicted molar refractivity (Wildman–Crippen MR) is 108 cm³/mol. The van der Waals surface area contributed by atoms with Crippen molar-refractivity contribution in [3.05, 3.63) is 64.1 Å². The molecule has 0 spiro atoms. The zero-order valence-corrected chi connectivity index (χ0v) is 17.8. The molecule has 0 bridgehead atoms. The molecule has 2 aromatic rings. The second-order valence-corrected chi connectivity index (χ2v) is 9.75. The first-order chi connectivity index (χ1) is 13.7. The number of carbonyl (C=O) groups excluding carboxylic acids is 1. The molecule has 1 N–H and O–H groups in total. The molecule has 1 heterocycles. The predicted octanol–water partition coefficient (Wildman–Crippen LogP) is 3.92. The van der Waals surface area contributed by atoms with E-state index in [1.165, 1.54) is 12.1 Å². The van der Waals surface area contributed by atoms with E-state index in [1.807, 2.05) is 24.3 Å². The van der Waals surface area contributed by atoms with Gasteiger partial charge in [0.25, 0.3) is 5.91 Å². The van der Waals surface area contributed by atoms with E-state index in [9.17, 15) is 22.0 Å². The number of alkyl halides is 2. The Hall–Kier alpha value is -1.84. The zero-order chi connectivity index (χ0) is 21.1. The lowest BCUT2D eigenvalue weighted by atomic mass is 9.74. The van der Waals surface area contributed by atoms with Crippen LogP contribution in [0.3, 0.4) is 0 Å². The Kier molecular flexibility index (Phi) is 6.70. The Balaban J connectivity index is 1.75. The van der Waals surface area contributed by atoms with Crippen molar-refractivity contribution in [1.29, 1.82) is 0 Å². The molecule has 9 heteroatoms. The van der Waals surface area contributed by atoms with Crippen molar-refractivity contribution >= 4 is 31.7 Å². The quantitative estimate of drug-likeness (QED) is 0.669. The molecule has 0 saturated carbocycles. The van der Waals surface area contributed by atoms with Crippen LogP contribution >= 0.6 is 15.9 Å². The number of hydrogen-bond donors (Lipinski definition) is 1. The fraction of sp³-hybridized carbons (Fsp3) is 0.350. The lowest BCUT2D eigenvalue weighted by molar-refractivity contribution is 0.0487. The van der Waals surface area contributed by atoms with Crippen LogP contribution in [0, 0.1) is 0 Å². The number of amides is 1. The standard InChI is InChI=1S/C20H20BrF2NO4S/c21-16-3-1-2-15(12-16)20(8-10-28-11-9-20)13-24-18(25)14-4-6-17(7-5-14)29(26,27)19(22)23/h1-7,12,19H,8-11,13H2,(H,24,25). The Labute approximate surface area is 176 Å². The minimum absolute atomic E-state index is 0.203. The summed E-state index contributed by atoms with van der Waals surface area (Å²) in [7, 11) is -4.68. The van der Waals surface area contributed by atoms with E-state index < -0.39 is 26.4 Å². The first kappa shape index (κ1) is 21.9. The van der Waals surface area contributed by atoms with Gasteiger partial charge in [0, 0.05) is 35.2 Å². The smallest absolute Gasteiger partial charge is 0.341 e. The third-order valence-electron chi connectivity index (χ3n) is 5.15. The SMILES string of the molecule is O=C(NCC1(c2cccc(Br)c2)CCOCC1)c1ccc(S(=O)(=O)C(F)F)cc1. The number of benzene rings is 2. The van der Waals surface area contributed by atoms with Gasteiger partial charge in [0.2, 0.25) is 9.84 Å². The van der Waals surface area contributed by atoms with Gasteiger partial charge in [-0.3, -0.25) is 4.79 Å². The van der Waals surface area contributed by atoms with E-state index in [-0.39, 0.29) is 11.0 Å². The van der Waals surface area contributed by atoms with Crippen LogP contribution in [0.2, 0.25) is 0 Å². The number of rotatable bonds is 6. The van der Waals surface area contributed by atoms with Gasteiger partial charge in [-0.1, -0.05) is 28.1 Å². The van der Waals surface area contributed by atoms with Gasteiger partial charge in [0.15, 0.2) is 0 Å². The van der Waals surface area contributed by atoms with Crippen LogP contribution in [-0.4, -0.2) is 39.8 Å². The molecule has 0 unspecified atom stereocenters. The highest BCUT2D eigenvalue weighted by molar-refractivity contribution is 9.10. The summed E-state index contributed by atoms with van der Waals surface area (Å²) >= 11 is 3.48. The monoisotopic (exact) mass is 487 g/mol. The summed E-state index contributed by atoms with van der Waals surface area (Å²) in [5.41, 5.74) is 1.01. The highest BCUT2D eigenvalue weighted by Gasteiger charge is 2.35. The van der Waals surface area contributed by atoms with Gasteiger partial charge in [-0.15, -0.1) is 0 Å². The second-order valence-electron chi connectivity index (χ2n) is 6.92. The number of sulfone groups is 1. The van der Waals surface area contributed by atoms with E-state index in [0.29, 0.717) is 19.8 Å². The summed E-state index contributed by atoms with van der Waals surface area (Å²) in [6.45, 7) is 1.55. The third kappa shape index (κ3) is 4.84. The van der Waals surface area contributed by atoms with Crippen LogP contribution in [-0.2, 0) is 20.0 Å². The first-order valence-corrected chi connectivity index (χ1v) is 11.3. The molecular formula is C20H20BrF2NO4S. The van der Waals surface area contributed by atoms with Crippen LogP contribution in [0.15, 0.2) is 57.9 Å². The largest absolute Gasteiger partial charge is 0.381 e. The molecule has 29 heavy (non-hydrogen) atoms. The molecule has 3 rings (SSSR count). The number of ether oxygens (including phenoxy) is 1. The summed E-state index contributed by atoms with van der Waals surface area (Å²) in [4.78, 5) is 12.1. The maximum absolute atomic E-state index is 12.6. The molecule has 2 aromatic carbocycles. The first-order valence-electron chi connectivity index (χ1n) is 8.99. The minimum Gasteiger partial charge on any atom is -0.381 e. The number of carbonyl (C=O) groups is 1. The van der Waals surface area contributed by atoms with E-state index >= 15 is 0 Å². The molecule has 0 atom stereocenters. The van der Waals surface area contributed by atoms with Crippen LogP contribution in [0.1, 0.15) is 28.8 Å². The Bertz CT molecular complexity index is 974. The molecule has 1 aliphatic rings. The van der Waals surface area contributed by atoms with Crippen molar-refractivity contribution in [2.24, 2.45) is 0 Å². The number of nitrogens with one attached hydrogen (secondary N) is 1. The average Bonchev–Trinajstić information content (AvgIpc) is 2.72. The number of hydrogen-bond acceptors (Lipinski definition) is 4. The van der Waals surface area contributed by atoms with E-state index in [2.05, 4.69) is 21.2 Å². The summed E-state index contributed by atoms with van der Waals surface area (Å²) in [6.07, 6.45) is 1.49. The normalized spacial score (nSPS) is 16.6. The van der Waals surface area contributed by atoms with Crippen molar-refractivity contribution in [3.63, 3.8) is 0 Å². The maximum atomic E-state index is 12.6. The average molecular weight is 488 g/mol. The zero-order valence-electron chi connectivity index (χ0n) is 15.4. The van der Waals surface area contributed by atoms with Crippen molar-refractivity contribution in [1.82, 2.24) is 5.32 Å². The maximum Gasteiger partial charge on any atom is 0.341 e. The highest BCUT2D eigenvalue weighted by atomic mass is 79.9. The van der Waals surface area contributed by atoms with Crippen molar-refractivity contribution in [2.45, 2.75) is 28.9 Å². The molecular weight excluding hydrogens is 468 g/mol. The van der Waals surface area contributed by atoms with E-state index in [4.69, 9.17) is 4.74 Å². The third-order valence-corrected chi connectivity index (χ3v) is 7.05. The van der Waals surface area contributed by atoms with Crippen molar-refractivity contribution in [2.75, 3.05) is 19.8 Å². The molecule has 1 aliphatic heterocycles. The van der Waals surface area contributed by atoms with Crippen LogP contribution < -0.4 is 5.32 Å². The van der Waals surface area contributed by atoms with Gasteiger partial charge in [-0.05, 0) is 54.8 Å². The van der Waals surface area contributed by atoms with Gasteiger partial charge in [0.1, 0.15) is 0 Å². The number of halogens is 3. The van der Waals surface area contributed by atoms with Gasteiger partial charge in [0.05, 0.1) is 4.90 Å². The molecule has 5 nitrogen and oxygen atoms in total. The summed E-state index contributed by atoms with van der Waals surface area (Å²) in [5, 5.41) is 2.90. The molecule has 0 aliphatic carbocycles. The fourth-order valence-electron chi connectivity index (χ4n) is 3.40. The van der Waals surface area contributed by atoms with Gasteiger partial charge in [-0.2, -0.15) is 8.78 Å². The van der Waals surface area contributed by atoms with Gasteiger partial charge in [-0.25, -0.2) is 8.42 Å². The Morgan fingerprint density at radius 3 is 2.38 bits per heavy atom. The lowest BCUT2D eigenvalue weighted by Crippen LogP contribution is -2.44. The topological polar surface area (TPSA) is 72.5 Å². The molecule has 1 fully saturated rings. The molecule has 0 aromatic heterocycles. The summed E-state index contributed by atoms with van der Waals surface area (Å²) < 4.78 is 54.7. The second kappa shape index (κ2) is 8.89.